The van der Waals surface area contributed by atoms with E-state index in [1.807, 2.05) is 40.1 Å². The third-order valence-electron chi connectivity index (χ3n) is 5.46. The second kappa shape index (κ2) is 7.69. The summed E-state index contributed by atoms with van der Waals surface area (Å²) in [5.74, 6) is 0.259. The Hall–Kier alpha value is -2.40. The molecule has 0 saturated carbocycles. The molecule has 1 aromatic heterocycles. The largest absolute Gasteiger partial charge is 0.332 e. The van der Waals surface area contributed by atoms with E-state index in [1.165, 1.54) is 10.4 Å². The SMILES string of the molecule is CCC1c2ccsc2CCN1C(=O)/C=C/c1ccc(N2CCCC2=O)cc1. The number of anilines is 1. The summed E-state index contributed by atoms with van der Waals surface area (Å²) in [5.41, 5.74) is 3.23. The van der Waals surface area contributed by atoms with Crippen molar-refractivity contribution < 1.29 is 9.59 Å². The third-order valence-corrected chi connectivity index (χ3v) is 6.46. The van der Waals surface area contributed by atoms with Crippen molar-refractivity contribution in [3.63, 3.8) is 0 Å². The molecule has 2 aromatic rings. The van der Waals surface area contributed by atoms with E-state index in [4.69, 9.17) is 0 Å². The molecule has 1 saturated heterocycles. The van der Waals surface area contributed by atoms with Crippen LogP contribution in [0.3, 0.4) is 0 Å². The van der Waals surface area contributed by atoms with E-state index in [-0.39, 0.29) is 17.9 Å². The predicted octanol–water partition coefficient (Wildman–Crippen LogP) is 4.42. The number of hydrogen-bond acceptors (Lipinski definition) is 3. The number of amides is 2. The molecule has 0 bridgehead atoms. The van der Waals surface area contributed by atoms with Crippen molar-refractivity contribution in [3.05, 3.63) is 57.8 Å². The van der Waals surface area contributed by atoms with Gasteiger partial charge in [-0.25, -0.2) is 0 Å². The molecular formula is C22H24N2O2S. The van der Waals surface area contributed by atoms with Gasteiger partial charge in [0.1, 0.15) is 0 Å². The van der Waals surface area contributed by atoms with Gasteiger partial charge in [-0.2, -0.15) is 0 Å². The minimum atomic E-state index is 0.0671. The van der Waals surface area contributed by atoms with Crippen molar-refractivity contribution in [2.75, 3.05) is 18.0 Å². The van der Waals surface area contributed by atoms with E-state index in [0.29, 0.717) is 6.42 Å². The number of carbonyl (C=O) groups is 2. The molecule has 2 aliphatic heterocycles. The molecule has 5 heteroatoms. The quantitative estimate of drug-likeness (QED) is 0.737. The normalized spacial score (nSPS) is 19.7. The number of hydrogen-bond donors (Lipinski definition) is 0. The second-order valence-corrected chi connectivity index (χ2v) is 8.08. The smallest absolute Gasteiger partial charge is 0.247 e. The molecular weight excluding hydrogens is 356 g/mol. The fraction of sp³-hybridized carbons (Fsp3) is 0.364. The van der Waals surface area contributed by atoms with E-state index >= 15 is 0 Å². The number of benzene rings is 1. The lowest BCUT2D eigenvalue weighted by Gasteiger charge is -2.34. The van der Waals surface area contributed by atoms with Crippen LogP contribution in [0.5, 0.6) is 0 Å². The van der Waals surface area contributed by atoms with Gasteiger partial charge in [-0.15, -0.1) is 11.3 Å². The number of thiophene rings is 1. The molecule has 140 valence electrons. The molecule has 3 heterocycles. The molecule has 1 fully saturated rings. The molecule has 1 atom stereocenters. The van der Waals surface area contributed by atoms with Crippen molar-refractivity contribution in [2.24, 2.45) is 0 Å². The van der Waals surface area contributed by atoms with Crippen molar-refractivity contribution in [2.45, 2.75) is 38.6 Å². The number of rotatable bonds is 4. The highest BCUT2D eigenvalue weighted by Gasteiger charge is 2.29. The highest BCUT2D eigenvalue weighted by molar-refractivity contribution is 7.10. The van der Waals surface area contributed by atoms with Crippen LogP contribution in [0.2, 0.25) is 0 Å². The van der Waals surface area contributed by atoms with Crippen LogP contribution < -0.4 is 4.90 Å². The van der Waals surface area contributed by atoms with Gasteiger partial charge in [-0.05, 0) is 60.0 Å². The maximum Gasteiger partial charge on any atom is 0.247 e. The molecule has 1 aromatic carbocycles. The number of nitrogens with zero attached hydrogens (tertiary/aromatic N) is 2. The molecule has 0 aliphatic carbocycles. The maximum atomic E-state index is 12.8. The van der Waals surface area contributed by atoms with Crippen LogP contribution in [0, 0.1) is 0 Å². The summed E-state index contributed by atoms with van der Waals surface area (Å²) in [6, 6.07) is 10.2. The monoisotopic (exact) mass is 380 g/mol. The van der Waals surface area contributed by atoms with Crippen LogP contribution in [0.15, 0.2) is 41.8 Å². The first-order valence-corrected chi connectivity index (χ1v) is 10.5. The Kier molecular flexibility index (Phi) is 5.12. The minimum Gasteiger partial charge on any atom is -0.332 e. The number of carbonyl (C=O) groups excluding carboxylic acids is 2. The van der Waals surface area contributed by atoms with Gasteiger partial charge < -0.3 is 9.80 Å². The Bertz CT molecular complexity index is 869. The standard InChI is InChI=1S/C22H24N2O2S/c1-2-19-18-12-15-27-20(18)11-14-24(19)22(26)10-7-16-5-8-17(9-6-16)23-13-3-4-21(23)25/h5-10,12,15,19H,2-4,11,13-14H2,1H3/b10-7+. The molecule has 4 nitrogen and oxygen atoms in total. The highest BCUT2D eigenvalue weighted by atomic mass is 32.1. The molecule has 0 radical (unpaired) electrons. The summed E-state index contributed by atoms with van der Waals surface area (Å²) >= 11 is 1.80. The van der Waals surface area contributed by atoms with Gasteiger partial charge in [0.05, 0.1) is 6.04 Å². The lowest BCUT2D eigenvalue weighted by molar-refractivity contribution is -0.128. The van der Waals surface area contributed by atoms with Crippen molar-refractivity contribution in [3.8, 4) is 0 Å². The first kappa shape index (κ1) is 18.0. The molecule has 4 rings (SSSR count). The summed E-state index contributed by atoms with van der Waals surface area (Å²) in [7, 11) is 0. The van der Waals surface area contributed by atoms with E-state index < -0.39 is 0 Å². The van der Waals surface area contributed by atoms with Gasteiger partial charge in [0.2, 0.25) is 11.8 Å². The lowest BCUT2D eigenvalue weighted by atomic mass is 9.97. The first-order valence-electron chi connectivity index (χ1n) is 9.62. The maximum absolute atomic E-state index is 12.8. The van der Waals surface area contributed by atoms with Crippen molar-refractivity contribution in [1.82, 2.24) is 4.90 Å². The summed E-state index contributed by atoms with van der Waals surface area (Å²) in [6.45, 7) is 3.72. The summed E-state index contributed by atoms with van der Waals surface area (Å²) in [6.07, 6.45) is 6.99. The molecule has 2 amide bonds. The van der Waals surface area contributed by atoms with E-state index in [2.05, 4.69) is 18.4 Å². The summed E-state index contributed by atoms with van der Waals surface area (Å²) < 4.78 is 0. The van der Waals surface area contributed by atoms with Crippen LogP contribution in [-0.2, 0) is 16.0 Å². The zero-order valence-electron chi connectivity index (χ0n) is 15.6. The second-order valence-electron chi connectivity index (χ2n) is 7.08. The Labute approximate surface area is 164 Å². The average molecular weight is 381 g/mol. The van der Waals surface area contributed by atoms with Gasteiger partial charge >= 0.3 is 0 Å². The molecule has 27 heavy (non-hydrogen) atoms. The molecule has 1 unspecified atom stereocenters. The van der Waals surface area contributed by atoms with Gasteiger partial charge in [-0.3, -0.25) is 9.59 Å². The Balaban J connectivity index is 1.45. The fourth-order valence-corrected chi connectivity index (χ4v) is 4.98. The van der Waals surface area contributed by atoms with E-state index in [1.54, 1.807) is 17.4 Å². The summed E-state index contributed by atoms with van der Waals surface area (Å²) in [5, 5.41) is 2.13. The van der Waals surface area contributed by atoms with Crippen LogP contribution in [0.4, 0.5) is 5.69 Å². The Morgan fingerprint density at radius 1 is 1.19 bits per heavy atom. The van der Waals surface area contributed by atoms with Crippen LogP contribution in [-0.4, -0.2) is 29.8 Å². The number of fused-ring (bicyclic) bond motifs is 1. The predicted molar refractivity (Wildman–Crippen MR) is 110 cm³/mol. The van der Waals surface area contributed by atoms with E-state index in [0.717, 1.165) is 43.6 Å². The van der Waals surface area contributed by atoms with Gasteiger partial charge in [0.25, 0.3) is 0 Å². The average Bonchev–Trinajstić information content (AvgIpc) is 3.34. The topological polar surface area (TPSA) is 40.6 Å². The van der Waals surface area contributed by atoms with Crippen molar-refractivity contribution >= 4 is 34.9 Å². The Morgan fingerprint density at radius 2 is 2.00 bits per heavy atom. The van der Waals surface area contributed by atoms with Gasteiger partial charge in [-0.1, -0.05) is 19.1 Å². The minimum absolute atomic E-state index is 0.0671. The van der Waals surface area contributed by atoms with Gasteiger partial charge in [0.15, 0.2) is 0 Å². The lowest BCUT2D eigenvalue weighted by Crippen LogP contribution is -2.38. The fourth-order valence-electron chi connectivity index (χ4n) is 4.05. The van der Waals surface area contributed by atoms with Crippen molar-refractivity contribution in [1.29, 1.82) is 0 Å². The first-order chi connectivity index (χ1) is 13.2. The third kappa shape index (κ3) is 3.56. The van der Waals surface area contributed by atoms with Crippen LogP contribution >= 0.6 is 11.3 Å². The zero-order chi connectivity index (χ0) is 18.8. The van der Waals surface area contributed by atoms with Crippen LogP contribution in [0.1, 0.15) is 48.2 Å². The Morgan fingerprint density at radius 3 is 2.70 bits per heavy atom. The molecule has 2 aliphatic rings. The van der Waals surface area contributed by atoms with Gasteiger partial charge in [0, 0.05) is 36.2 Å². The van der Waals surface area contributed by atoms with Crippen LogP contribution in [0.25, 0.3) is 6.08 Å². The summed E-state index contributed by atoms with van der Waals surface area (Å²) in [4.78, 5) is 29.9. The highest BCUT2D eigenvalue weighted by Crippen LogP contribution is 2.35. The molecule has 0 N–H and O–H groups in total. The molecule has 0 spiro atoms. The zero-order valence-corrected chi connectivity index (χ0v) is 16.4. The van der Waals surface area contributed by atoms with E-state index in [9.17, 15) is 9.59 Å².